The summed E-state index contributed by atoms with van der Waals surface area (Å²) in [5, 5.41) is 40.3. The maximum Gasteiger partial charge on any atom is 0.194 e. The van der Waals surface area contributed by atoms with Gasteiger partial charge in [0.15, 0.2) is 34.8 Å². The summed E-state index contributed by atoms with van der Waals surface area (Å²) in [6.07, 6.45) is 12.4. The van der Waals surface area contributed by atoms with Crippen LogP contribution in [0.3, 0.4) is 0 Å². The molecule has 0 N–H and O–H groups in total. The average molecular weight is 1240 g/mol. The number of carbonyl (C=O) groups excluding carboxylic acids is 2. The first-order valence-electron chi connectivity index (χ1n) is 29.3. The zero-order valence-corrected chi connectivity index (χ0v) is 53.2. The van der Waals surface area contributed by atoms with E-state index in [0.717, 1.165) is 116 Å². The molecule has 5 heterocycles. The Morgan fingerprint density at radius 2 is 0.977 bits per heavy atom. The first kappa shape index (κ1) is 63.1. The summed E-state index contributed by atoms with van der Waals surface area (Å²) < 4.78 is 79.7. The molecular weight excluding hydrogens is 1170 g/mol. The number of hydrogen-bond acceptors (Lipinski definition) is 13. The van der Waals surface area contributed by atoms with Gasteiger partial charge in [-0.2, -0.15) is 21.0 Å². The maximum atomic E-state index is 14.8. The average Bonchev–Trinajstić information content (AvgIpc) is 1.75. The van der Waals surface area contributed by atoms with E-state index in [1.165, 1.54) is 22.7 Å². The van der Waals surface area contributed by atoms with E-state index < -0.39 is 62.4 Å². The molecule has 1 aliphatic heterocycles. The van der Waals surface area contributed by atoms with Crippen molar-refractivity contribution in [2.75, 3.05) is 13.2 Å². The molecule has 0 radical (unpaired) electrons. The van der Waals surface area contributed by atoms with Crippen molar-refractivity contribution in [2.45, 2.75) is 150 Å². The molecule has 4 aromatic heterocycles. The lowest BCUT2D eigenvalue weighted by atomic mass is 9.82. The highest BCUT2D eigenvalue weighted by Gasteiger charge is 2.44. The van der Waals surface area contributed by atoms with Crippen molar-refractivity contribution in [1.82, 2.24) is 0 Å². The van der Waals surface area contributed by atoms with Crippen molar-refractivity contribution < 1.29 is 41.4 Å². The second-order valence-electron chi connectivity index (χ2n) is 23.1. The fourth-order valence-electron chi connectivity index (χ4n) is 11.6. The number of thiophene rings is 4. The van der Waals surface area contributed by atoms with E-state index >= 15 is 0 Å². The molecule has 444 valence electrons. The Morgan fingerprint density at radius 3 is 1.36 bits per heavy atom. The number of unbranched alkanes of at least 4 members (excludes halogenated alkanes) is 2. The van der Waals surface area contributed by atoms with E-state index in [4.69, 9.17) is 14.2 Å². The van der Waals surface area contributed by atoms with Crippen LogP contribution in [-0.4, -0.2) is 24.8 Å². The van der Waals surface area contributed by atoms with E-state index in [1.807, 2.05) is 36.4 Å². The monoisotopic (exact) mass is 1230 g/mol. The van der Waals surface area contributed by atoms with E-state index in [0.29, 0.717) is 47.3 Å². The second kappa shape index (κ2) is 25.5. The Bertz CT molecular complexity index is 4000. The summed E-state index contributed by atoms with van der Waals surface area (Å²) in [4.78, 5) is 35.3. The number of hydrogen-bond donors (Lipinski definition) is 0. The van der Waals surface area contributed by atoms with Crippen LogP contribution >= 0.6 is 45.3 Å². The maximum absolute atomic E-state index is 14.8. The highest BCUT2D eigenvalue weighted by Crippen LogP contribution is 2.60. The van der Waals surface area contributed by atoms with Gasteiger partial charge in [-0.15, -0.1) is 45.3 Å². The molecule has 0 spiro atoms. The van der Waals surface area contributed by atoms with Gasteiger partial charge in [-0.1, -0.05) is 80.1 Å². The van der Waals surface area contributed by atoms with Crippen LogP contribution in [0.1, 0.15) is 200 Å². The standard InChI is InChI=1S/C69H66F4N4O5S4/c1-11-17-19-37(13-3)35-80-55-23-41(21-47-59(39(31-74)32-75)43-25-50(70)52(72)27-45(43)61(47)78)83-65(55)68(9,15-5)57-29-49-63(85-57)64-54(82-67(49,7)8)30-58(86-64)69(10,16-6)66-56(81-36-38(14-4)20-18-12-2)24-42(84-66)22-48-60(40(33-76)34-77)44-26-51(71)53(73)28-46(44)62(48)79/h21-30,37-38H,11-20,35-36H2,1-10H3/b47-21-,48-22-. The largest absolute Gasteiger partial charge is 0.492 e. The van der Waals surface area contributed by atoms with Gasteiger partial charge in [-0.05, 0) is 137 Å². The van der Waals surface area contributed by atoms with Crippen LogP contribution in [0.4, 0.5) is 17.6 Å². The zero-order valence-electron chi connectivity index (χ0n) is 49.9. The van der Waals surface area contributed by atoms with Gasteiger partial charge in [0.2, 0.25) is 0 Å². The minimum absolute atomic E-state index is 0.0196. The molecule has 2 aromatic carbocycles. The molecule has 2 aliphatic carbocycles. The number of allylic oxidation sites excluding steroid dienone is 6. The van der Waals surface area contributed by atoms with Crippen LogP contribution in [-0.2, 0) is 16.4 Å². The number of benzene rings is 2. The lowest BCUT2D eigenvalue weighted by Crippen LogP contribution is -2.28. The summed E-state index contributed by atoms with van der Waals surface area (Å²) in [5.41, 5.74) is -2.43. The molecule has 0 saturated heterocycles. The first-order valence-corrected chi connectivity index (χ1v) is 32.5. The third kappa shape index (κ3) is 11.4. The quantitative estimate of drug-likeness (QED) is 0.0367. The predicted octanol–water partition coefficient (Wildman–Crippen LogP) is 19.6. The Morgan fingerprint density at radius 1 is 0.581 bits per heavy atom. The molecule has 4 atom stereocenters. The fraction of sp³-hybridized carbons (Fsp3) is 0.391. The number of halogens is 4. The van der Waals surface area contributed by atoms with Gasteiger partial charge < -0.3 is 14.2 Å². The summed E-state index contributed by atoms with van der Waals surface area (Å²) in [6.45, 7) is 22.2. The van der Waals surface area contributed by atoms with E-state index in [-0.39, 0.29) is 56.4 Å². The number of Topliss-reactive ketones (excluding diaryl/α,β-unsaturated/α-hetero) is 2. The SMILES string of the molecule is CCCCC(CC)COc1cc(/C=C2\C(=O)c3cc(F)c(F)cc3C2=C(C#N)C#N)sc1C(C)(CC)c1cc2c(s1)-c1sc(C(C)(CC)c3sc(/C=C4\C(=O)c5cc(F)c(F)cc5C4=C(C#N)C#N)cc3OCC(CC)CCCC)cc1C(C)(C)O2. The number of nitriles is 4. The smallest absolute Gasteiger partial charge is 0.194 e. The summed E-state index contributed by atoms with van der Waals surface area (Å²) in [5.74, 6) is -3.61. The number of rotatable bonds is 22. The van der Waals surface area contributed by atoms with Gasteiger partial charge in [0.1, 0.15) is 58.3 Å². The lowest BCUT2D eigenvalue weighted by molar-refractivity contribution is 0.103. The summed E-state index contributed by atoms with van der Waals surface area (Å²) in [7, 11) is 0. The van der Waals surface area contributed by atoms with Gasteiger partial charge >= 0.3 is 0 Å². The van der Waals surface area contributed by atoms with Gasteiger partial charge in [0, 0.05) is 69.3 Å². The van der Waals surface area contributed by atoms with Gasteiger partial charge in [-0.25, -0.2) is 17.6 Å². The van der Waals surface area contributed by atoms with Crippen LogP contribution in [0.25, 0.3) is 33.1 Å². The third-order valence-electron chi connectivity index (χ3n) is 17.3. The topological polar surface area (TPSA) is 157 Å². The second-order valence-corrected chi connectivity index (χ2v) is 27.4. The summed E-state index contributed by atoms with van der Waals surface area (Å²) in [6, 6.07) is 18.9. The van der Waals surface area contributed by atoms with Gasteiger partial charge in [0.25, 0.3) is 0 Å². The number of ketones is 2. The van der Waals surface area contributed by atoms with Crippen molar-refractivity contribution in [1.29, 1.82) is 21.0 Å². The highest BCUT2D eigenvalue weighted by atomic mass is 32.1. The number of fused-ring (bicyclic) bond motifs is 5. The van der Waals surface area contributed by atoms with Crippen molar-refractivity contribution in [3.63, 3.8) is 0 Å². The highest BCUT2D eigenvalue weighted by molar-refractivity contribution is 7.23. The molecule has 9 rings (SSSR count). The molecule has 6 aromatic rings. The molecular formula is C69H66F4N4O5S4. The van der Waals surface area contributed by atoms with E-state index in [2.05, 4.69) is 81.4 Å². The van der Waals surface area contributed by atoms with Crippen molar-refractivity contribution >= 4 is 80.2 Å². The predicted molar refractivity (Wildman–Crippen MR) is 335 cm³/mol. The first-order chi connectivity index (χ1) is 41.1. The Labute approximate surface area is 516 Å². The molecule has 17 heteroatoms. The normalized spacial score (nSPS) is 16.9. The molecule has 86 heavy (non-hydrogen) atoms. The molecule has 0 saturated carbocycles. The van der Waals surface area contributed by atoms with Crippen LogP contribution in [0, 0.1) is 80.4 Å². The van der Waals surface area contributed by atoms with Crippen LogP contribution in [0.2, 0.25) is 0 Å². The van der Waals surface area contributed by atoms with Crippen molar-refractivity contribution in [2.24, 2.45) is 11.8 Å². The fourth-order valence-corrected chi connectivity index (χ4v) is 17.2. The Hall–Kier alpha value is -7.38. The van der Waals surface area contributed by atoms with Crippen LogP contribution in [0.15, 0.2) is 70.8 Å². The molecule has 3 aliphatic rings. The lowest BCUT2D eigenvalue weighted by Gasteiger charge is -2.31. The summed E-state index contributed by atoms with van der Waals surface area (Å²) >= 11 is 6.15. The number of ether oxygens (including phenoxy) is 3. The molecule has 0 fully saturated rings. The van der Waals surface area contributed by atoms with Gasteiger partial charge in [-0.3, -0.25) is 9.59 Å². The van der Waals surface area contributed by atoms with Crippen LogP contribution in [0.5, 0.6) is 17.2 Å². The third-order valence-corrected chi connectivity index (χ3v) is 22.9. The van der Waals surface area contributed by atoms with Crippen LogP contribution < -0.4 is 14.2 Å². The molecule has 0 bridgehead atoms. The number of nitrogens with zero attached hydrogens (tertiary/aromatic N) is 4. The number of carbonyl (C=O) groups is 2. The molecule has 9 nitrogen and oxygen atoms in total. The van der Waals surface area contributed by atoms with E-state index in [9.17, 15) is 48.2 Å². The minimum atomic E-state index is -1.22. The molecule has 4 unspecified atom stereocenters. The van der Waals surface area contributed by atoms with Gasteiger partial charge in [0.05, 0.1) is 32.7 Å². The Kier molecular flexibility index (Phi) is 18.7. The molecule has 0 amide bonds. The minimum Gasteiger partial charge on any atom is -0.492 e. The van der Waals surface area contributed by atoms with E-state index in [1.54, 1.807) is 34.8 Å². The van der Waals surface area contributed by atoms with Crippen molar-refractivity contribution in [3.05, 3.63) is 151 Å². The Balaban J connectivity index is 1.16. The zero-order chi connectivity index (χ0) is 62.2. The van der Waals surface area contributed by atoms with Crippen molar-refractivity contribution in [3.8, 4) is 51.3 Å².